The lowest BCUT2D eigenvalue weighted by molar-refractivity contribution is -0.211. The summed E-state index contributed by atoms with van der Waals surface area (Å²) in [7, 11) is -1.32. The summed E-state index contributed by atoms with van der Waals surface area (Å²) in [4.78, 5) is 53.5. The maximum atomic E-state index is 14.8. The van der Waals surface area contributed by atoms with E-state index in [9.17, 15) is 19.2 Å². The Labute approximate surface area is 303 Å². The minimum absolute atomic E-state index is 0.0470. The van der Waals surface area contributed by atoms with Gasteiger partial charge in [-0.25, -0.2) is 0 Å². The Balaban J connectivity index is 1.38. The Bertz CT molecular complexity index is 1400. The molecular formula is C41H68N2O6Si. The highest BCUT2D eigenvalue weighted by atomic mass is 28.3. The SMILES string of the molecule is CC1(C)C2CC[C@]3(C)[C@H](C(=O)C=C4[C@@H]5C[C@@](C)(C(=O)OCC[Si](C)(C)C)CC[C@]5(C)CC[C@]43C)[C@@]2(C)CC[C@@H]1OC(=O)CCC(=O)NCCN. The lowest BCUT2D eigenvalue weighted by atomic mass is 9.33. The first-order valence-electron chi connectivity index (χ1n) is 19.7. The van der Waals surface area contributed by atoms with Crippen molar-refractivity contribution in [2.24, 2.45) is 56.0 Å². The van der Waals surface area contributed by atoms with Crippen molar-refractivity contribution in [2.75, 3.05) is 19.7 Å². The van der Waals surface area contributed by atoms with Crippen LogP contribution in [0.2, 0.25) is 25.7 Å². The summed E-state index contributed by atoms with van der Waals surface area (Å²) in [6.07, 6.45) is 10.1. The zero-order chi connectivity index (χ0) is 37.1. The molecule has 1 unspecified atom stereocenters. The van der Waals surface area contributed by atoms with E-state index in [0.717, 1.165) is 57.4 Å². The number of fused-ring (bicyclic) bond motifs is 7. The third-order valence-corrected chi connectivity index (χ3v) is 17.1. The quantitative estimate of drug-likeness (QED) is 0.176. The molecule has 3 N–H and O–H groups in total. The van der Waals surface area contributed by atoms with Crippen LogP contribution in [0.25, 0.3) is 0 Å². The van der Waals surface area contributed by atoms with Crippen molar-refractivity contribution >= 4 is 31.7 Å². The Kier molecular flexibility index (Phi) is 10.5. The van der Waals surface area contributed by atoms with Crippen LogP contribution >= 0.6 is 0 Å². The Morgan fingerprint density at radius 3 is 2.26 bits per heavy atom. The summed E-state index contributed by atoms with van der Waals surface area (Å²) in [6, 6.07) is 0.974. The molecule has 8 nitrogen and oxygen atoms in total. The van der Waals surface area contributed by atoms with Gasteiger partial charge in [0, 0.05) is 38.9 Å². The van der Waals surface area contributed by atoms with Crippen LogP contribution < -0.4 is 11.1 Å². The molecule has 0 spiro atoms. The molecule has 1 amide bonds. The summed E-state index contributed by atoms with van der Waals surface area (Å²) in [6.45, 7) is 24.4. The van der Waals surface area contributed by atoms with Gasteiger partial charge in [-0.1, -0.05) is 66.8 Å². The van der Waals surface area contributed by atoms with Crippen LogP contribution in [-0.2, 0) is 28.7 Å². The van der Waals surface area contributed by atoms with Crippen molar-refractivity contribution in [3.05, 3.63) is 11.6 Å². The molecule has 0 aromatic rings. The molecule has 0 bridgehead atoms. The molecule has 282 valence electrons. The lowest BCUT2D eigenvalue weighted by Gasteiger charge is -2.70. The molecule has 9 heteroatoms. The van der Waals surface area contributed by atoms with Crippen molar-refractivity contribution < 1.29 is 28.7 Å². The van der Waals surface area contributed by atoms with Gasteiger partial charge in [-0.2, -0.15) is 0 Å². The van der Waals surface area contributed by atoms with Crippen molar-refractivity contribution in [3.63, 3.8) is 0 Å². The number of carbonyl (C=O) groups is 4. The number of nitrogens with two attached hydrogens (primary N) is 1. The predicted octanol–water partition coefficient (Wildman–Crippen LogP) is 7.62. The molecule has 4 fully saturated rings. The predicted molar refractivity (Wildman–Crippen MR) is 200 cm³/mol. The number of hydrogen-bond donors (Lipinski definition) is 2. The van der Waals surface area contributed by atoms with Crippen molar-refractivity contribution in [1.82, 2.24) is 5.32 Å². The molecule has 0 aromatic carbocycles. The van der Waals surface area contributed by atoms with E-state index in [2.05, 4.69) is 79.5 Å². The number of esters is 2. The molecule has 0 heterocycles. The number of ether oxygens (including phenoxy) is 2. The molecular weight excluding hydrogens is 645 g/mol. The summed E-state index contributed by atoms with van der Waals surface area (Å²) in [5.41, 5.74) is 5.42. The maximum absolute atomic E-state index is 14.8. The molecule has 0 saturated heterocycles. The molecule has 9 atom stereocenters. The van der Waals surface area contributed by atoms with Gasteiger partial charge in [-0.3, -0.25) is 19.2 Å². The number of nitrogens with one attached hydrogen (secondary N) is 1. The van der Waals surface area contributed by atoms with Gasteiger partial charge in [0.15, 0.2) is 5.78 Å². The molecule has 4 saturated carbocycles. The Morgan fingerprint density at radius 1 is 0.920 bits per heavy atom. The second-order valence-corrected chi connectivity index (χ2v) is 25.8. The van der Waals surface area contributed by atoms with Gasteiger partial charge >= 0.3 is 11.9 Å². The Hall–Kier alpha value is -2.00. The first-order valence-corrected chi connectivity index (χ1v) is 23.4. The topological polar surface area (TPSA) is 125 Å². The number of ketones is 1. The second-order valence-electron chi connectivity index (χ2n) is 20.2. The first kappa shape index (κ1) is 39.2. The summed E-state index contributed by atoms with van der Waals surface area (Å²) < 4.78 is 12.1. The minimum Gasteiger partial charge on any atom is -0.466 e. The van der Waals surface area contributed by atoms with Crippen molar-refractivity contribution in [2.45, 2.75) is 151 Å². The average Bonchev–Trinajstić information content (AvgIpc) is 3.01. The normalized spacial score (nSPS) is 40.6. The zero-order valence-corrected chi connectivity index (χ0v) is 34.0. The standard InChI is InChI=1S/C41H68N2O6Si/c1-36(2)30-13-16-41(7)34(39(30,5)15-14-31(36)49-33(46)12-11-32(45)43-22-21-42)29(44)25-27-28-26-38(4,35(47)48-23-24-50(8,9)10)18-17-37(28,3)19-20-40(27,41)6/h25,28,30-31,34H,11-24,26,42H2,1-10H3,(H,43,45)/t28-,30?,31-,34+,37+,38-,39-,40+,41+/m0/s1. The molecule has 5 aliphatic carbocycles. The van der Waals surface area contributed by atoms with E-state index >= 15 is 0 Å². The molecule has 0 aromatic heterocycles. The van der Waals surface area contributed by atoms with Crippen LogP contribution in [-0.4, -0.2) is 57.5 Å². The number of hydrogen-bond acceptors (Lipinski definition) is 7. The summed E-state index contributed by atoms with van der Waals surface area (Å²) >= 11 is 0. The molecule has 0 aliphatic heterocycles. The minimum atomic E-state index is -1.32. The van der Waals surface area contributed by atoms with E-state index in [4.69, 9.17) is 15.2 Å². The third kappa shape index (κ3) is 6.69. The highest BCUT2D eigenvalue weighted by Gasteiger charge is 2.70. The number of rotatable bonds is 10. The van der Waals surface area contributed by atoms with Crippen LogP contribution in [0.4, 0.5) is 0 Å². The highest BCUT2D eigenvalue weighted by Crippen LogP contribution is 2.75. The van der Waals surface area contributed by atoms with Gasteiger partial charge in [0.05, 0.1) is 18.4 Å². The van der Waals surface area contributed by atoms with E-state index in [1.807, 2.05) is 0 Å². The number of allylic oxidation sites excluding steroid dienone is 2. The van der Waals surface area contributed by atoms with Crippen LogP contribution in [0.1, 0.15) is 119 Å². The van der Waals surface area contributed by atoms with Crippen LogP contribution in [0.5, 0.6) is 0 Å². The number of amides is 1. The van der Waals surface area contributed by atoms with Crippen molar-refractivity contribution in [1.29, 1.82) is 0 Å². The molecule has 5 rings (SSSR count). The van der Waals surface area contributed by atoms with Crippen LogP contribution in [0.15, 0.2) is 11.6 Å². The third-order valence-electron chi connectivity index (χ3n) is 15.4. The fourth-order valence-corrected chi connectivity index (χ4v) is 12.6. The zero-order valence-electron chi connectivity index (χ0n) is 33.0. The van der Waals surface area contributed by atoms with Gasteiger partial charge in [-0.15, -0.1) is 0 Å². The van der Waals surface area contributed by atoms with Gasteiger partial charge < -0.3 is 20.5 Å². The van der Waals surface area contributed by atoms with E-state index in [1.54, 1.807) is 0 Å². The van der Waals surface area contributed by atoms with Gasteiger partial charge in [0.2, 0.25) is 5.91 Å². The fraction of sp³-hybridized carbons (Fsp3) is 0.854. The van der Waals surface area contributed by atoms with Gasteiger partial charge in [-0.05, 0) is 110 Å². The largest absolute Gasteiger partial charge is 0.466 e. The molecule has 50 heavy (non-hydrogen) atoms. The molecule has 0 radical (unpaired) electrons. The lowest BCUT2D eigenvalue weighted by Crippen LogP contribution is -2.66. The second kappa shape index (κ2) is 13.4. The average molecular weight is 713 g/mol. The summed E-state index contributed by atoms with van der Waals surface area (Å²) in [5.74, 6) is -0.0437. The fourth-order valence-electron chi connectivity index (χ4n) is 11.9. The maximum Gasteiger partial charge on any atom is 0.311 e. The first-order chi connectivity index (χ1) is 23.1. The summed E-state index contributed by atoms with van der Waals surface area (Å²) in [5, 5.41) is 2.72. The monoisotopic (exact) mass is 712 g/mol. The van der Waals surface area contributed by atoms with Gasteiger partial charge in [0.1, 0.15) is 6.10 Å². The number of carbonyl (C=O) groups excluding carboxylic acids is 4. The van der Waals surface area contributed by atoms with Crippen LogP contribution in [0.3, 0.4) is 0 Å². The van der Waals surface area contributed by atoms with E-state index in [-0.39, 0.29) is 87.4 Å². The van der Waals surface area contributed by atoms with E-state index in [0.29, 0.717) is 26.1 Å². The van der Waals surface area contributed by atoms with Crippen molar-refractivity contribution in [3.8, 4) is 0 Å². The van der Waals surface area contributed by atoms with Gasteiger partial charge in [0.25, 0.3) is 0 Å². The van der Waals surface area contributed by atoms with E-state index in [1.165, 1.54) is 5.57 Å². The Morgan fingerprint density at radius 2 is 1.60 bits per heavy atom. The highest BCUT2D eigenvalue weighted by molar-refractivity contribution is 6.76. The van der Waals surface area contributed by atoms with E-state index < -0.39 is 13.5 Å². The molecule has 5 aliphatic rings. The van der Waals surface area contributed by atoms with Crippen LogP contribution in [0, 0.1) is 50.2 Å². The smallest absolute Gasteiger partial charge is 0.311 e.